The Morgan fingerprint density at radius 1 is 0.750 bits per heavy atom. The van der Waals surface area contributed by atoms with Crippen molar-refractivity contribution in [3.8, 4) is 0 Å². The van der Waals surface area contributed by atoms with Crippen molar-refractivity contribution < 1.29 is 106 Å². The lowest BCUT2D eigenvalue weighted by Gasteiger charge is -2.29. The molecule has 0 aromatic rings. The van der Waals surface area contributed by atoms with Gasteiger partial charge in [0.05, 0.1) is 0 Å². The lowest BCUT2D eigenvalue weighted by atomic mass is 9.87. The van der Waals surface area contributed by atoms with E-state index in [9.17, 15) is 79.0 Å². The number of epoxide rings is 2. The Labute approximate surface area is 183 Å². The smallest absolute Gasteiger partial charge is 0.440 e. The largest absolute Gasteiger partial charge is 0.460 e. The second-order valence-corrected chi connectivity index (χ2v) is 7.28. The molecule has 2 rings (SSSR count). The van der Waals surface area contributed by atoms with Gasteiger partial charge in [-0.25, -0.2) is 8.78 Å². The molecule has 3 unspecified atom stereocenters. The van der Waals surface area contributed by atoms with Gasteiger partial charge in [0.15, 0.2) is 0 Å². The average molecular weight is 604 g/mol. The van der Waals surface area contributed by atoms with Gasteiger partial charge in [0.2, 0.25) is 11.6 Å². The van der Waals surface area contributed by atoms with Gasteiger partial charge < -0.3 is 9.47 Å². The summed E-state index contributed by atoms with van der Waals surface area (Å²) in [5.41, 5.74) is -6.85. The van der Waals surface area contributed by atoms with E-state index in [0.29, 0.717) is 0 Å². The van der Waals surface area contributed by atoms with E-state index in [4.69, 9.17) is 17.5 Å². The zero-order valence-electron chi connectivity index (χ0n) is 15.2. The molecule has 2 aliphatic heterocycles. The van der Waals surface area contributed by atoms with Crippen LogP contribution in [0.4, 0.5) is 79.0 Å². The molecule has 0 spiro atoms. The standard InChI is InChI=1S/C11F18O2.H2O4S/c12-1(3(13,14)9(21,22)23)2-4(15,30-2)6(16,17)5(10(24,25)26)8(20,31-5)7(18,19)11(27,28)29;1-5(2,3)4/h;(H2,1,2,3,4). The minimum Gasteiger partial charge on any atom is -0.440 e. The van der Waals surface area contributed by atoms with E-state index in [0.717, 1.165) is 0 Å². The van der Waals surface area contributed by atoms with E-state index in [1.807, 2.05) is 0 Å². The highest BCUT2D eigenvalue weighted by Crippen LogP contribution is 2.77. The van der Waals surface area contributed by atoms with Gasteiger partial charge in [-0.2, -0.15) is 78.7 Å². The Bertz CT molecular complexity index is 1020. The molecule has 0 saturated carbocycles. The van der Waals surface area contributed by atoms with Crippen LogP contribution in [-0.2, 0) is 19.9 Å². The van der Waals surface area contributed by atoms with Crippen molar-refractivity contribution in [1.82, 2.24) is 0 Å². The Hall–Kier alpha value is -1.89. The molecule has 0 amide bonds. The molecule has 2 aliphatic rings. The first-order valence-corrected chi connectivity index (χ1v) is 8.81. The van der Waals surface area contributed by atoms with Crippen LogP contribution in [0.1, 0.15) is 0 Å². The first-order chi connectivity index (χ1) is 15.2. The van der Waals surface area contributed by atoms with E-state index in [1.54, 1.807) is 0 Å². The maximum atomic E-state index is 14.0. The molecular weight excluding hydrogens is 602 g/mol. The van der Waals surface area contributed by atoms with Gasteiger partial charge in [0.1, 0.15) is 0 Å². The number of halogens is 18. The van der Waals surface area contributed by atoms with Crippen LogP contribution in [-0.4, -0.2) is 71.1 Å². The molecule has 36 heavy (non-hydrogen) atoms. The number of allylic oxidation sites excluding steroid dienone is 1. The zero-order chi connectivity index (χ0) is 29.6. The van der Waals surface area contributed by atoms with Crippen molar-refractivity contribution in [1.29, 1.82) is 0 Å². The fourth-order valence-electron chi connectivity index (χ4n) is 2.34. The Morgan fingerprint density at radius 3 is 1.39 bits per heavy atom. The zero-order valence-corrected chi connectivity index (χ0v) is 16.1. The summed E-state index contributed by atoms with van der Waals surface area (Å²) < 4.78 is 268. The normalized spacial score (nSPS) is 31.2. The molecular formula is C11H2F18O6S. The van der Waals surface area contributed by atoms with Crippen LogP contribution in [0.25, 0.3) is 0 Å². The molecule has 2 N–H and O–H groups in total. The van der Waals surface area contributed by atoms with Gasteiger partial charge >= 0.3 is 64.0 Å². The molecule has 3 atom stereocenters. The SMILES string of the molecule is FC(=C1OC1(F)C(F)(F)C1(C(F)(F)F)OC1(F)C(F)(F)C(F)(F)F)C(F)(F)C(F)(F)F.O=S(=O)(O)O. The monoisotopic (exact) mass is 604 g/mol. The molecule has 0 aromatic heterocycles. The van der Waals surface area contributed by atoms with Crippen LogP contribution in [0, 0.1) is 0 Å². The molecule has 2 saturated heterocycles. The number of rotatable bonds is 4. The van der Waals surface area contributed by atoms with Gasteiger partial charge in [-0.3, -0.25) is 9.11 Å². The topological polar surface area (TPSA) is 99.7 Å². The quantitative estimate of drug-likeness (QED) is 0.259. The maximum Gasteiger partial charge on any atom is 0.460 e. The van der Waals surface area contributed by atoms with E-state index in [-0.39, 0.29) is 0 Å². The first kappa shape index (κ1) is 32.1. The van der Waals surface area contributed by atoms with Crippen molar-refractivity contribution >= 4 is 10.4 Å². The maximum absolute atomic E-state index is 14.0. The molecule has 0 aliphatic carbocycles. The van der Waals surface area contributed by atoms with Crippen LogP contribution in [0.15, 0.2) is 11.6 Å². The second-order valence-electron chi connectivity index (χ2n) is 6.38. The number of hydrogen-bond acceptors (Lipinski definition) is 4. The summed E-state index contributed by atoms with van der Waals surface area (Å²) >= 11 is 0. The summed E-state index contributed by atoms with van der Waals surface area (Å²) in [6.45, 7) is 0. The minimum absolute atomic E-state index is 2.27. The van der Waals surface area contributed by atoms with E-state index < -0.39 is 75.6 Å². The van der Waals surface area contributed by atoms with Crippen LogP contribution in [0.2, 0.25) is 0 Å². The second kappa shape index (κ2) is 7.81. The van der Waals surface area contributed by atoms with Crippen molar-refractivity contribution in [2.45, 2.75) is 53.6 Å². The predicted molar refractivity (Wildman–Crippen MR) is 67.9 cm³/mol. The number of ether oxygens (including phenoxy) is 2. The molecule has 0 radical (unpaired) electrons. The third-order valence-corrected chi connectivity index (χ3v) is 4.03. The van der Waals surface area contributed by atoms with Crippen molar-refractivity contribution in [3.05, 3.63) is 11.6 Å². The molecule has 2 heterocycles. The van der Waals surface area contributed by atoms with Crippen LogP contribution < -0.4 is 0 Å². The number of hydrogen-bond donors (Lipinski definition) is 2. The molecule has 6 nitrogen and oxygen atoms in total. The average Bonchev–Trinajstić information content (AvgIpc) is 3.44. The van der Waals surface area contributed by atoms with Crippen molar-refractivity contribution in [3.63, 3.8) is 0 Å². The Balaban J connectivity index is 0.00000118. The van der Waals surface area contributed by atoms with Crippen LogP contribution >= 0.6 is 0 Å². The predicted octanol–water partition coefficient (Wildman–Crippen LogP) is 5.24. The van der Waals surface area contributed by atoms with Crippen LogP contribution in [0.3, 0.4) is 0 Å². The first-order valence-electron chi connectivity index (χ1n) is 7.42. The highest BCUT2D eigenvalue weighted by atomic mass is 32.3. The molecule has 214 valence electrons. The third kappa shape index (κ3) is 4.39. The summed E-state index contributed by atoms with van der Waals surface area (Å²) in [6.07, 6.45) is -21.8. The highest BCUT2D eigenvalue weighted by Gasteiger charge is 3.08. The fraction of sp³-hybridized carbons (Fsp3) is 0.818. The fourth-order valence-corrected chi connectivity index (χ4v) is 2.34. The van der Waals surface area contributed by atoms with Gasteiger partial charge in [0, 0.05) is 0 Å². The minimum atomic E-state index is -7.47. The van der Waals surface area contributed by atoms with Gasteiger partial charge in [-0.05, 0) is 0 Å². The van der Waals surface area contributed by atoms with Gasteiger partial charge in [0.25, 0.3) is 0 Å². The summed E-state index contributed by atoms with van der Waals surface area (Å²) in [4.78, 5) is 0. The van der Waals surface area contributed by atoms with Gasteiger partial charge in [-0.15, -0.1) is 0 Å². The van der Waals surface area contributed by atoms with Crippen LogP contribution in [0.5, 0.6) is 0 Å². The van der Waals surface area contributed by atoms with E-state index >= 15 is 0 Å². The summed E-state index contributed by atoms with van der Waals surface area (Å²) in [5, 5.41) is 0. The molecule has 0 bridgehead atoms. The third-order valence-electron chi connectivity index (χ3n) is 4.03. The molecule has 25 heteroatoms. The lowest BCUT2D eigenvalue weighted by molar-refractivity contribution is -0.336. The van der Waals surface area contributed by atoms with Gasteiger partial charge in [-0.1, -0.05) is 0 Å². The molecule has 0 aromatic carbocycles. The van der Waals surface area contributed by atoms with Crippen molar-refractivity contribution in [2.75, 3.05) is 0 Å². The van der Waals surface area contributed by atoms with E-state index in [1.165, 1.54) is 0 Å². The van der Waals surface area contributed by atoms with E-state index in [2.05, 4.69) is 9.47 Å². The Morgan fingerprint density at radius 2 is 1.11 bits per heavy atom. The summed E-state index contributed by atoms with van der Waals surface area (Å²) in [5.74, 6) is -42.6. The molecule has 2 fully saturated rings. The van der Waals surface area contributed by atoms with Crippen molar-refractivity contribution in [2.24, 2.45) is 0 Å². The number of alkyl halides is 17. The lowest BCUT2D eigenvalue weighted by Crippen LogP contribution is -2.64. The summed E-state index contributed by atoms with van der Waals surface area (Å²) in [7, 11) is -4.67. The Kier molecular flexibility index (Phi) is 6.97. The summed E-state index contributed by atoms with van der Waals surface area (Å²) in [6, 6.07) is 0. The highest BCUT2D eigenvalue weighted by molar-refractivity contribution is 7.79.